The van der Waals surface area contributed by atoms with Crippen LogP contribution in [0, 0.1) is 5.41 Å². The first-order valence-corrected chi connectivity index (χ1v) is 6.42. The molecular weight excluding hydrogens is 236 g/mol. The molecule has 3 nitrogen and oxygen atoms in total. The van der Waals surface area contributed by atoms with Gasteiger partial charge in [0.25, 0.3) is 0 Å². The number of aromatic nitrogens is 1. The molecule has 1 aromatic rings. The van der Waals surface area contributed by atoms with E-state index in [1.807, 2.05) is 19.1 Å². The molecule has 2 unspecified atom stereocenters. The molecule has 2 rings (SSSR count). The van der Waals surface area contributed by atoms with Gasteiger partial charge in [0, 0.05) is 24.3 Å². The Kier molecular flexibility index (Phi) is 3.59. The second kappa shape index (κ2) is 4.83. The first kappa shape index (κ1) is 12.7. The Balaban J connectivity index is 2.01. The van der Waals surface area contributed by atoms with Gasteiger partial charge in [-0.2, -0.15) is 0 Å². The summed E-state index contributed by atoms with van der Waals surface area (Å²) in [6.45, 7) is 7.23. The summed E-state index contributed by atoms with van der Waals surface area (Å²) in [5.74, 6) is 0.766. The van der Waals surface area contributed by atoms with Crippen LogP contribution < -0.4 is 5.32 Å². The molecule has 0 radical (unpaired) electrons. The van der Waals surface area contributed by atoms with Crippen LogP contribution in [-0.4, -0.2) is 23.7 Å². The quantitative estimate of drug-likeness (QED) is 0.895. The Morgan fingerprint density at radius 1 is 1.59 bits per heavy atom. The van der Waals surface area contributed by atoms with Crippen molar-refractivity contribution < 1.29 is 4.74 Å². The van der Waals surface area contributed by atoms with Crippen molar-refractivity contribution in [3.05, 3.63) is 23.4 Å². The predicted octanol–water partition coefficient (Wildman–Crippen LogP) is 3.35. The summed E-state index contributed by atoms with van der Waals surface area (Å²) < 4.78 is 5.70. The topological polar surface area (TPSA) is 34.1 Å². The molecule has 1 N–H and O–H groups in total. The Morgan fingerprint density at radius 2 is 2.35 bits per heavy atom. The number of anilines is 1. The van der Waals surface area contributed by atoms with Gasteiger partial charge >= 0.3 is 0 Å². The molecular formula is C13H19ClN2O. The van der Waals surface area contributed by atoms with Crippen LogP contribution in [0.2, 0.25) is 5.02 Å². The minimum absolute atomic E-state index is 0.122. The standard InChI is InChI=1S/C13H19ClN2O/c1-4-17-11-8-10(13(11,2)3)16-12-9(14)6-5-7-15-12/h5-7,10-11H,4,8H2,1-3H3,(H,15,16). The normalized spacial score (nSPS) is 26.4. The van der Waals surface area contributed by atoms with Crippen molar-refractivity contribution in [3.63, 3.8) is 0 Å². The maximum Gasteiger partial charge on any atom is 0.144 e. The minimum atomic E-state index is 0.122. The largest absolute Gasteiger partial charge is 0.378 e. The second-order valence-electron chi connectivity index (χ2n) is 5.03. The van der Waals surface area contributed by atoms with E-state index < -0.39 is 0 Å². The molecule has 0 aromatic carbocycles. The number of hydrogen-bond donors (Lipinski definition) is 1. The average molecular weight is 255 g/mol. The fourth-order valence-electron chi connectivity index (χ4n) is 2.27. The summed E-state index contributed by atoms with van der Waals surface area (Å²) in [6, 6.07) is 4.05. The van der Waals surface area contributed by atoms with E-state index in [0.717, 1.165) is 18.8 Å². The van der Waals surface area contributed by atoms with Gasteiger partial charge in [-0.25, -0.2) is 4.98 Å². The summed E-state index contributed by atoms with van der Waals surface area (Å²) >= 11 is 6.08. The lowest BCUT2D eigenvalue weighted by Gasteiger charge is -2.51. The molecule has 1 aliphatic rings. The van der Waals surface area contributed by atoms with Crippen molar-refractivity contribution in [3.8, 4) is 0 Å². The Bertz CT molecular complexity index is 395. The monoisotopic (exact) mass is 254 g/mol. The molecule has 0 bridgehead atoms. The zero-order valence-corrected chi connectivity index (χ0v) is 11.3. The van der Waals surface area contributed by atoms with E-state index in [0.29, 0.717) is 17.2 Å². The molecule has 17 heavy (non-hydrogen) atoms. The predicted molar refractivity (Wildman–Crippen MR) is 70.5 cm³/mol. The molecule has 1 saturated carbocycles. The van der Waals surface area contributed by atoms with Crippen LogP contribution in [0.4, 0.5) is 5.82 Å². The van der Waals surface area contributed by atoms with E-state index in [1.165, 1.54) is 0 Å². The van der Waals surface area contributed by atoms with Crippen LogP contribution in [0.25, 0.3) is 0 Å². The van der Waals surface area contributed by atoms with Gasteiger partial charge in [0.1, 0.15) is 5.82 Å². The highest BCUT2D eigenvalue weighted by Crippen LogP contribution is 2.44. The van der Waals surface area contributed by atoms with Crippen LogP contribution in [0.1, 0.15) is 27.2 Å². The van der Waals surface area contributed by atoms with E-state index in [2.05, 4.69) is 24.1 Å². The van der Waals surface area contributed by atoms with Gasteiger partial charge in [0.2, 0.25) is 0 Å². The zero-order chi connectivity index (χ0) is 12.5. The van der Waals surface area contributed by atoms with Gasteiger partial charge in [0.05, 0.1) is 11.1 Å². The van der Waals surface area contributed by atoms with Crippen molar-refractivity contribution in [2.75, 3.05) is 11.9 Å². The molecule has 0 aliphatic heterocycles. The highest BCUT2D eigenvalue weighted by molar-refractivity contribution is 6.32. The third kappa shape index (κ3) is 2.40. The van der Waals surface area contributed by atoms with Crippen LogP contribution in [0.5, 0.6) is 0 Å². The minimum Gasteiger partial charge on any atom is -0.378 e. The van der Waals surface area contributed by atoms with E-state index in [1.54, 1.807) is 6.20 Å². The highest BCUT2D eigenvalue weighted by atomic mass is 35.5. The van der Waals surface area contributed by atoms with Crippen molar-refractivity contribution in [1.82, 2.24) is 4.98 Å². The lowest BCUT2D eigenvalue weighted by molar-refractivity contribution is -0.0976. The SMILES string of the molecule is CCOC1CC(Nc2ncccc2Cl)C1(C)C. The smallest absolute Gasteiger partial charge is 0.144 e. The molecule has 0 amide bonds. The first-order valence-electron chi connectivity index (χ1n) is 6.04. The molecule has 1 aromatic heterocycles. The summed E-state index contributed by atoms with van der Waals surface area (Å²) in [5, 5.41) is 4.07. The Morgan fingerprint density at radius 3 is 2.94 bits per heavy atom. The van der Waals surface area contributed by atoms with Crippen molar-refractivity contribution in [2.24, 2.45) is 5.41 Å². The molecule has 2 atom stereocenters. The Labute approximate surface area is 108 Å². The molecule has 1 heterocycles. The lowest BCUT2D eigenvalue weighted by atomic mass is 9.64. The Hall–Kier alpha value is -0.800. The number of rotatable bonds is 4. The molecule has 1 aliphatic carbocycles. The summed E-state index contributed by atoms with van der Waals surface area (Å²) in [4.78, 5) is 4.25. The van der Waals surface area contributed by atoms with Gasteiger partial charge < -0.3 is 10.1 Å². The van der Waals surface area contributed by atoms with E-state index >= 15 is 0 Å². The van der Waals surface area contributed by atoms with Gasteiger partial charge in [-0.3, -0.25) is 0 Å². The molecule has 0 saturated heterocycles. The van der Waals surface area contributed by atoms with Crippen LogP contribution in [0.15, 0.2) is 18.3 Å². The maximum absolute atomic E-state index is 6.08. The number of halogens is 1. The second-order valence-corrected chi connectivity index (χ2v) is 5.44. The van der Waals surface area contributed by atoms with Crippen LogP contribution in [-0.2, 0) is 4.74 Å². The average Bonchev–Trinajstić information content (AvgIpc) is 2.30. The van der Waals surface area contributed by atoms with Crippen LogP contribution in [0.3, 0.4) is 0 Å². The van der Waals surface area contributed by atoms with Crippen molar-refractivity contribution >= 4 is 17.4 Å². The third-order valence-electron chi connectivity index (χ3n) is 3.62. The number of pyridine rings is 1. The number of ether oxygens (including phenoxy) is 1. The number of hydrogen-bond acceptors (Lipinski definition) is 3. The third-order valence-corrected chi connectivity index (χ3v) is 3.92. The fraction of sp³-hybridized carbons (Fsp3) is 0.615. The van der Waals surface area contributed by atoms with E-state index in [-0.39, 0.29) is 5.41 Å². The van der Waals surface area contributed by atoms with E-state index in [4.69, 9.17) is 16.3 Å². The zero-order valence-electron chi connectivity index (χ0n) is 10.5. The molecule has 4 heteroatoms. The number of nitrogens with one attached hydrogen (secondary N) is 1. The molecule has 1 fully saturated rings. The van der Waals surface area contributed by atoms with Gasteiger partial charge in [-0.1, -0.05) is 25.4 Å². The van der Waals surface area contributed by atoms with Gasteiger partial charge in [0.15, 0.2) is 0 Å². The summed E-state index contributed by atoms with van der Waals surface area (Å²) in [6.07, 6.45) is 3.08. The lowest BCUT2D eigenvalue weighted by Crippen LogP contribution is -2.58. The van der Waals surface area contributed by atoms with Crippen molar-refractivity contribution in [1.29, 1.82) is 0 Å². The van der Waals surface area contributed by atoms with Crippen LogP contribution >= 0.6 is 11.6 Å². The highest BCUT2D eigenvalue weighted by Gasteiger charge is 2.49. The molecule has 0 spiro atoms. The van der Waals surface area contributed by atoms with Gasteiger partial charge in [-0.15, -0.1) is 0 Å². The number of nitrogens with zero attached hydrogens (tertiary/aromatic N) is 1. The van der Waals surface area contributed by atoms with E-state index in [9.17, 15) is 0 Å². The van der Waals surface area contributed by atoms with Crippen molar-refractivity contribution in [2.45, 2.75) is 39.3 Å². The molecule has 94 valence electrons. The summed E-state index contributed by atoms with van der Waals surface area (Å²) in [5.41, 5.74) is 0.122. The first-order chi connectivity index (χ1) is 8.05. The fourth-order valence-corrected chi connectivity index (χ4v) is 2.45. The van der Waals surface area contributed by atoms with Gasteiger partial charge in [-0.05, 0) is 25.5 Å². The summed E-state index contributed by atoms with van der Waals surface area (Å²) in [7, 11) is 0. The maximum atomic E-state index is 6.08.